The number of fused-ring (bicyclic) bond motifs is 1. The maximum Gasteiger partial charge on any atom is 0.254 e. The number of hydrogen-bond donors (Lipinski definition) is 0. The fourth-order valence-electron chi connectivity index (χ4n) is 3.91. The zero-order valence-corrected chi connectivity index (χ0v) is 16.8. The van der Waals surface area contributed by atoms with Gasteiger partial charge in [0.1, 0.15) is 0 Å². The van der Waals surface area contributed by atoms with Gasteiger partial charge in [-0.05, 0) is 29.7 Å². The molecule has 30 heavy (non-hydrogen) atoms. The molecule has 0 aliphatic carbocycles. The number of amides is 1. The quantitative estimate of drug-likeness (QED) is 0.660. The second-order valence-electron chi connectivity index (χ2n) is 7.65. The normalized spacial score (nSPS) is 16.4. The molecule has 3 aromatic rings. The smallest absolute Gasteiger partial charge is 0.254 e. The van der Waals surface area contributed by atoms with E-state index in [9.17, 15) is 4.79 Å². The first-order valence-corrected chi connectivity index (χ1v) is 10.3. The van der Waals surface area contributed by atoms with Crippen LogP contribution in [0.3, 0.4) is 0 Å². The van der Waals surface area contributed by atoms with Gasteiger partial charge in [0.2, 0.25) is 5.95 Å². The van der Waals surface area contributed by atoms with E-state index < -0.39 is 0 Å². The van der Waals surface area contributed by atoms with Crippen molar-refractivity contribution in [3.05, 3.63) is 71.6 Å². The molecule has 0 radical (unpaired) electrons. The van der Waals surface area contributed by atoms with Gasteiger partial charge < -0.3 is 19.1 Å². The van der Waals surface area contributed by atoms with Crippen molar-refractivity contribution < 1.29 is 9.53 Å². The number of anilines is 1. The third-order valence-corrected chi connectivity index (χ3v) is 5.64. The first-order chi connectivity index (χ1) is 14.8. The van der Waals surface area contributed by atoms with Crippen LogP contribution in [0.2, 0.25) is 0 Å². The zero-order valence-electron chi connectivity index (χ0n) is 16.8. The van der Waals surface area contributed by atoms with Crippen LogP contribution in [-0.2, 0) is 24.2 Å². The summed E-state index contributed by atoms with van der Waals surface area (Å²) in [5.74, 6) is 0.775. The van der Waals surface area contributed by atoms with E-state index in [1.165, 1.54) is 0 Å². The molecule has 5 rings (SSSR count). The summed E-state index contributed by atoms with van der Waals surface area (Å²) >= 11 is 0. The van der Waals surface area contributed by atoms with Crippen LogP contribution < -0.4 is 4.90 Å². The van der Waals surface area contributed by atoms with E-state index in [1.54, 1.807) is 12.5 Å². The van der Waals surface area contributed by atoms with Crippen molar-refractivity contribution >= 4 is 11.9 Å². The maximum absolute atomic E-state index is 13.1. The first kappa shape index (κ1) is 18.7. The predicted octanol–water partition coefficient (Wildman–Crippen LogP) is 1.76. The highest BCUT2D eigenvalue weighted by Gasteiger charge is 2.24. The fraction of sp³-hybridized carbons (Fsp3) is 0.364. The van der Waals surface area contributed by atoms with Crippen molar-refractivity contribution in [2.24, 2.45) is 0 Å². The molecule has 8 heteroatoms. The van der Waals surface area contributed by atoms with Gasteiger partial charge in [0.25, 0.3) is 5.91 Å². The Bertz CT molecular complexity index is 1010. The number of benzene rings is 1. The molecule has 0 spiro atoms. The highest BCUT2D eigenvalue weighted by molar-refractivity contribution is 5.94. The molecule has 154 valence electrons. The third-order valence-electron chi connectivity index (χ3n) is 5.64. The van der Waals surface area contributed by atoms with E-state index in [0.717, 1.165) is 48.8 Å². The lowest BCUT2D eigenvalue weighted by molar-refractivity contribution is 0.0731. The first-order valence-electron chi connectivity index (χ1n) is 10.3. The number of aromatic nitrogens is 4. The number of nitrogens with zero attached hydrogens (tertiary/aromatic N) is 6. The minimum absolute atomic E-state index is 0.0429. The van der Waals surface area contributed by atoms with E-state index >= 15 is 0 Å². The molecule has 0 saturated carbocycles. The summed E-state index contributed by atoms with van der Waals surface area (Å²) in [4.78, 5) is 30.5. The van der Waals surface area contributed by atoms with E-state index in [4.69, 9.17) is 9.72 Å². The Labute approximate surface area is 175 Å². The molecule has 1 fully saturated rings. The molecular formula is C22H24N6O2. The summed E-state index contributed by atoms with van der Waals surface area (Å²) in [5, 5.41) is 0. The number of hydrogen-bond acceptors (Lipinski definition) is 6. The summed E-state index contributed by atoms with van der Waals surface area (Å²) < 4.78 is 7.42. The number of carbonyl (C=O) groups excluding carboxylic acids is 1. The van der Waals surface area contributed by atoms with Crippen LogP contribution in [0.4, 0.5) is 5.95 Å². The van der Waals surface area contributed by atoms with Crippen molar-refractivity contribution in [3.8, 4) is 0 Å². The molecule has 1 aromatic carbocycles. The Kier molecular flexibility index (Phi) is 5.15. The van der Waals surface area contributed by atoms with E-state index in [1.807, 2.05) is 46.1 Å². The Hall–Kier alpha value is -3.26. The van der Waals surface area contributed by atoms with Crippen LogP contribution in [0, 0.1) is 0 Å². The molecule has 2 aliphatic rings. The van der Waals surface area contributed by atoms with Gasteiger partial charge >= 0.3 is 0 Å². The van der Waals surface area contributed by atoms with Gasteiger partial charge in [0.05, 0.1) is 31.8 Å². The Morgan fingerprint density at radius 2 is 1.93 bits per heavy atom. The highest BCUT2D eigenvalue weighted by atomic mass is 16.5. The van der Waals surface area contributed by atoms with Gasteiger partial charge in [-0.3, -0.25) is 4.79 Å². The Morgan fingerprint density at radius 3 is 2.70 bits per heavy atom. The highest BCUT2D eigenvalue weighted by Crippen LogP contribution is 2.21. The van der Waals surface area contributed by atoms with E-state index in [2.05, 4.69) is 14.9 Å². The second kappa shape index (κ2) is 8.23. The average Bonchev–Trinajstić information content (AvgIpc) is 3.32. The number of carbonyl (C=O) groups is 1. The zero-order chi connectivity index (χ0) is 20.3. The van der Waals surface area contributed by atoms with Gasteiger partial charge in [-0.25, -0.2) is 15.0 Å². The summed E-state index contributed by atoms with van der Waals surface area (Å²) in [6, 6.07) is 7.82. The van der Waals surface area contributed by atoms with Crippen LogP contribution in [0.1, 0.15) is 27.2 Å². The van der Waals surface area contributed by atoms with Gasteiger partial charge in [-0.2, -0.15) is 0 Å². The number of rotatable bonds is 4. The molecule has 1 saturated heterocycles. The largest absolute Gasteiger partial charge is 0.378 e. The van der Waals surface area contributed by atoms with Crippen LogP contribution >= 0.6 is 0 Å². The standard InChI is InChI=1S/C22H24N6O2/c29-21(18-3-1-17(2-4-18)14-26-8-6-23-16-26)28-7-5-19-13-24-22(25-20(19)15-28)27-9-11-30-12-10-27/h1-4,6,8,13,16H,5,7,9-12,14-15H2. The summed E-state index contributed by atoms with van der Waals surface area (Å²) in [7, 11) is 0. The molecule has 0 unspecified atom stereocenters. The van der Waals surface area contributed by atoms with E-state index in [0.29, 0.717) is 31.9 Å². The molecule has 8 nitrogen and oxygen atoms in total. The SMILES string of the molecule is O=C(c1ccc(Cn2ccnc2)cc1)N1CCc2cnc(N3CCOCC3)nc2C1. The summed E-state index contributed by atoms with van der Waals surface area (Å²) in [6.07, 6.45) is 8.18. The van der Waals surface area contributed by atoms with E-state index in [-0.39, 0.29) is 5.91 Å². The third kappa shape index (κ3) is 3.91. The van der Waals surface area contributed by atoms with Crippen molar-refractivity contribution in [2.45, 2.75) is 19.5 Å². The van der Waals surface area contributed by atoms with Gasteiger partial charge in [0, 0.05) is 50.3 Å². The molecule has 1 amide bonds. The molecular weight excluding hydrogens is 380 g/mol. The minimum atomic E-state index is 0.0429. The average molecular weight is 404 g/mol. The molecule has 0 bridgehead atoms. The monoisotopic (exact) mass is 404 g/mol. The maximum atomic E-state index is 13.1. The van der Waals surface area contributed by atoms with Crippen LogP contribution in [0.5, 0.6) is 0 Å². The van der Waals surface area contributed by atoms with Crippen molar-refractivity contribution in [1.82, 2.24) is 24.4 Å². The predicted molar refractivity (Wildman–Crippen MR) is 111 cm³/mol. The fourth-order valence-corrected chi connectivity index (χ4v) is 3.91. The lowest BCUT2D eigenvalue weighted by Crippen LogP contribution is -2.39. The van der Waals surface area contributed by atoms with Crippen LogP contribution in [-0.4, -0.2) is 63.2 Å². The van der Waals surface area contributed by atoms with Crippen LogP contribution in [0.25, 0.3) is 0 Å². The molecule has 0 N–H and O–H groups in total. The topological polar surface area (TPSA) is 76.4 Å². The number of ether oxygens (including phenoxy) is 1. The minimum Gasteiger partial charge on any atom is -0.378 e. The Balaban J connectivity index is 1.28. The molecule has 2 aromatic heterocycles. The van der Waals surface area contributed by atoms with Crippen LogP contribution in [0.15, 0.2) is 49.2 Å². The van der Waals surface area contributed by atoms with Gasteiger partial charge in [-0.1, -0.05) is 12.1 Å². The van der Waals surface area contributed by atoms with Crippen molar-refractivity contribution in [1.29, 1.82) is 0 Å². The number of imidazole rings is 1. The van der Waals surface area contributed by atoms with Crippen molar-refractivity contribution in [2.75, 3.05) is 37.7 Å². The lowest BCUT2D eigenvalue weighted by atomic mass is 10.0. The van der Waals surface area contributed by atoms with Gasteiger partial charge in [-0.15, -0.1) is 0 Å². The number of morpholine rings is 1. The van der Waals surface area contributed by atoms with Crippen molar-refractivity contribution in [3.63, 3.8) is 0 Å². The molecule has 2 aliphatic heterocycles. The lowest BCUT2D eigenvalue weighted by Gasteiger charge is -2.30. The molecule has 0 atom stereocenters. The van der Waals surface area contributed by atoms with Gasteiger partial charge in [0.15, 0.2) is 0 Å². The Morgan fingerprint density at radius 1 is 1.10 bits per heavy atom. The summed E-state index contributed by atoms with van der Waals surface area (Å²) in [6.45, 7) is 4.93. The summed E-state index contributed by atoms with van der Waals surface area (Å²) in [5.41, 5.74) is 3.92. The molecule has 4 heterocycles. The second-order valence-corrected chi connectivity index (χ2v) is 7.65.